The van der Waals surface area contributed by atoms with Crippen LogP contribution in [0.25, 0.3) is 0 Å². The molecule has 1 aromatic rings. The summed E-state index contributed by atoms with van der Waals surface area (Å²) >= 11 is 0. The van der Waals surface area contributed by atoms with Crippen molar-refractivity contribution < 1.29 is 4.74 Å². The lowest BCUT2D eigenvalue weighted by atomic mass is 9.79. The number of nitrogens with one attached hydrogen (secondary N) is 1. The molecule has 0 aromatic carbocycles. The summed E-state index contributed by atoms with van der Waals surface area (Å²) in [4.78, 5) is 4.60. The molecule has 1 aliphatic rings. The first-order chi connectivity index (χ1) is 9.11. The quantitative estimate of drug-likeness (QED) is 0.831. The van der Waals surface area contributed by atoms with Crippen molar-refractivity contribution in [2.75, 3.05) is 25.6 Å². The third-order valence-electron chi connectivity index (χ3n) is 4.41. The van der Waals surface area contributed by atoms with Crippen molar-refractivity contribution in [2.24, 2.45) is 11.8 Å². The Hall–Kier alpha value is -1.03. The fraction of sp³-hybridized carbons (Fsp3) is 0.800. The van der Waals surface area contributed by atoms with Crippen LogP contribution in [0.3, 0.4) is 0 Å². The van der Waals surface area contributed by atoms with Crippen LogP contribution in [-0.4, -0.2) is 29.8 Å². The van der Waals surface area contributed by atoms with Crippen molar-refractivity contribution in [1.29, 1.82) is 0 Å². The number of rotatable bonds is 5. The highest BCUT2D eigenvalue weighted by Crippen LogP contribution is 2.37. The molecule has 1 heterocycles. The highest BCUT2D eigenvalue weighted by atomic mass is 16.5. The first-order valence-electron chi connectivity index (χ1n) is 7.40. The Bertz CT molecular complexity index is 402. The Morgan fingerprint density at radius 3 is 2.84 bits per heavy atom. The normalized spacial score (nSPS) is 27.5. The Morgan fingerprint density at radius 2 is 2.16 bits per heavy atom. The van der Waals surface area contributed by atoms with E-state index in [1.165, 1.54) is 19.3 Å². The van der Waals surface area contributed by atoms with E-state index in [1.807, 2.05) is 0 Å². The SMILES string of the molecule is COCCNc1nc(C)cn1C1CCC(C)C(C)C1. The van der Waals surface area contributed by atoms with Gasteiger partial charge in [-0.2, -0.15) is 0 Å². The average molecular weight is 265 g/mol. The van der Waals surface area contributed by atoms with Gasteiger partial charge in [0, 0.05) is 25.9 Å². The molecule has 0 amide bonds. The van der Waals surface area contributed by atoms with Gasteiger partial charge in [0.1, 0.15) is 0 Å². The van der Waals surface area contributed by atoms with Crippen LogP contribution in [0.5, 0.6) is 0 Å². The van der Waals surface area contributed by atoms with Crippen LogP contribution in [0.4, 0.5) is 5.95 Å². The second-order valence-electron chi connectivity index (χ2n) is 5.95. The minimum Gasteiger partial charge on any atom is -0.383 e. The number of aryl methyl sites for hydroxylation is 1. The lowest BCUT2D eigenvalue weighted by Crippen LogP contribution is -2.24. The van der Waals surface area contributed by atoms with Gasteiger partial charge in [-0.1, -0.05) is 13.8 Å². The van der Waals surface area contributed by atoms with Crippen molar-refractivity contribution in [3.63, 3.8) is 0 Å². The van der Waals surface area contributed by atoms with Crippen LogP contribution in [0, 0.1) is 18.8 Å². The molecule has 0 saturated heterocycles. The topological polar surface area (TPSA) is 39.1 Å². The molecule has 0 spiro atoms. The van der Waals surface area contributed by atoms with E-state index in [1.54, 1.807) is 7.11 Å². The molecular weight excluding hydrogens is 238 g/mol. The zero-order valence-electron chi connectivity index (χ0n) is 12.6. The zero-order chi connectivity index (χ0) is 13.8. The molecule has 108 valence electrons. The second kappa shape index (κ2) is 6.42. The van der Waals surface area contributed by atoms with Gasteiger partial charge in [-0.3, -0.25) is 0 Å². The molecule has 1 N–H and O–H groups in total. The maximum Gasteiger partial charge on any atom is 0.203 e. The van der Waals surface area contributed by atoms with E-state index in [2.05, 4.69) is 41.8 Å². The van der Waals surface area contributed by atoms with E-state index < -0.39 is 0 Å². The molecule has 2 rings (SSSR count). The number of methoxy groups -OCH3 is 1. The Labute approximate surface area is 116 Å². The van der Waals surface area contributed by atoms with Gasteiger partial charge in [0.2, 0.25) is 5.95 Å². The number of imidazole rings is 1. The molecule has 1 saturated carbocycles. The molecule has 1 aromatic heterocycles. The van der Waals surface area contributed by atoms with Crippen LogP contribution in [0.1, 0.15) is 44.8 Å². The van der Waals surface area contributed by atoms with E-state index in [9.17, 15) is 0 Å². The van der Waals surface area contributed by atoms with E-state index >= 15 is 0 Å². The molecule has 0 radical (unpaired) electrons. The standard InChI is InChI=1S/C15H27N3O/c1-11-5-6-14(9-12(11)2)18-10-13(3)17-15(18)16-7-8-19-4/h10-12,14H,5-9H2,1-4H3,(H,16,17). The van der Waals surface area contributed by atoms with Gasteiger partial charge in [-0.05, 0) is 38.0 Å². The summed E-state index contributed by atoms with van der Waals surface area (Å²) in [5, 5.41) is 3.39. The summed E-state index contributed by atoms with van der Waals surface area (Å²) in [6.45, 7) is 8.33. The molecule has 1 fully saturated rings. The summed E-state index contributed by atoms with van der Waals surface area (Å²) in [5.41, 5.74) is 1.09. The largest absolute Gasteiger partial charge is 0.383 e. The Morgan fingerprint density at radius 1 is 1.37 bits per heavy atom. The van der Waals surface area contributed by atoms with Gasteiger partial charge in [0.05, 0.1) is 12.3 Å². The maximum atomic E-state index is 5.09. The second-order valence-corrected chi connectivity index (χ2v) is 5.95. The van der Waals surface area contributed by atoms with Crippen LogP contribution in [0.15, 0.2) is 6.20 Å². The molecular formula is C15H27N3O. The minimum atomic E-state index is 0.595. The first kappa shape index (κ1) is 14.4. The van der Waals surface area contributed by atoms with Gasteiger partial charge in [0.25, 0.3) is 0 Å². The third kappa shape index (κ3) is 3.50. The Kier molecular flexibility index (Phi) is 4.86. The maximum absolute atomic E-state index is 5.09. The zero-order valence-corrected chi connectivity index (χ0v) is 12.6. The lowest BCUT2D eigenvalue weighted by Gasteiger charge is -2.33. The summed E-state index contributed by atoms with van der Waals surface area (Å²) in [5.74, 6) is 2.65. The van der Waals surface area contributed by atoms with Crippen LogP contribution in [-0.2, 0) is 4.74 Å². The van der Waals surface area contributed by atoms with E-state index in [0.29, 0.717) is 12.6 Å². The monoisotopic (exact) mass is 265 g/mol. The highest BCUT2D eigenvalue weighted by molar-refractivity contribution is 5.29. The molecule has 0 bridgehead atoms. The smallest absolute Gasteiger partial charge is 0.203 e. The van der Waals surface area contributed by atoms with Gasteiger partial charge in [-0.25, -0.2) is 4.98 Å². The number of aromatic nitrogens is 2. The average Bonchev–Trinajstić information content (AvgIpc) is 2.74. The minimum absolute atomic E-state index is 0.595. The summed E-state index contributed by atoms with van der Waals surface area (Å²) in [6.07, 6.45) is 6.03. The van der Waals surface area contributed by atoms with E-state index in [0.717, 1.165) is 30.0 Å². The molecule has 19 heavy (non-hydrogen) atoms. The van der Waals surface area contributed by atoms with Gasteiger partial charge >= 0.3 is 0 Å². The number of hydrogen-bond acceptors (Lipinski definition) is 3. The summed E-state index contributed by atoms with van der Waals surface area (Å²) < 4.78 is 7.43. The number of ether oxygens (including phenoxy) is 1. The molecule has 3 unspecified atom stereocenters. The fourth-order valence-corrected chi connectivity index (χ4v) is 2.96. The predicted octanol–water partition coefficient (Wildman–Crippen LogP) is 3.25. The lowest BCUT2D eigenvalue weighted by molar-refractivity contribution is 0.207. The third-order valence-corrected chi connectivity index (χ3v) is 4.41. The Balaban J connectivity index is 2.06. The van der Waals surface area contributed by atoms with Crippen molar-refractivity contribution in [3.05, 3.63) is 11.9 Å². The molecule has 4 nitrogen and oxygen atoms in total. The highest BCUT2D eigenvalue weighted by Gasteiger charge is 2.27. The van der Waals surface area contributed by atoms with Gasteiger partial charge in [-0.15, -0.1) is 0 Å². The first-order valence-corrected chi connectivity index (χ1v) is 7.40. The van der Waals surface area contributed by atoms with Crippen molar-refractivity contribution in [1.82, 2.24) is 9.55 Å². The van der Waals surface area contributed by atoms with Crippen molar-refractivity contribution >= 4 is 5.95 Å². The van der Waals surface area contributed by atoms with E-state index in [4.69, 9.17) is 4.74 Å². The number of hydrogen-bond donors (Lipinski definition) is 1. The summed E-state index contributed by atoms with van der Waals surface area (Å²) in [6, 6.07) is 0.595. The van der Waals surface area contributed by atoms with Crippen LogP contribution < -0.4 is 5.32 Å². The number of anilines is 1. The van der Waals surface area contributed by atoms with Crippen LogP contribution in [0.2, 0.25) is 0 Å². The van der Waals surface area contributed by atoms with Crippen LogP contribution >= 0.6 is 0 Å². The molecule has 3 atom stereocenters. The fourth-order valence-electron chi connectivity index (χ4n) is 2.96. The van der Waals surface area contributed by atoms with Gasteiger partial charge < -0.3 is 14.6 Å². The number of nitrogens with zero attached hydrogens (tertiary/aromatic N) is 2. The summed E-state index contributed by atoms with van der Waals surface area (Å²) in [7, 11) is 1.73. The predicted molar refractivity (Wildman–Crippen MR) is 78.5 cm³/mol. The van der Waals surface area contributed by atoms with Crippen molar-refractivity contribution in [2.45, 2.75) is 46.1 Å². The molecule has 0 aliphatic heterocycles. The molecule has 1 aliphatic carbocycles. The van der Waals surface area contributed by atoms with Gasteiger partial charge in [0.15, 0.2) is 0 Å². The van der Waals surface area contributed by atoms with E-state index in [-0.39, 0.29) is 0 Å². The molecule has 4 heteroatoms. The van der Waals surface area contributed by atoms with Crippen molar-refractivity contribution in [3.8, 4) is 0 Å².